The minimum absolute atomic E-state index is 0.0896. The Bertz CT molecular complexity index is 472. The number of nitrogens with one attached hydrogen (secondary N) is 1. The second-order valence-corrected chi connectivity index (χ2v) is 7.10. The van der Waals surface area contributed by atoms with Crippen molar-refractivity contribution in [1.29, 1.82) is 0 Å². The maximum absolute atomic E-state index is 12.6. The van der Waals surface area contributed by atoms with Crippen LogP contribution in [-0.4, -0.2) is 17.6 Å². The molecule has 3 heteroatoms. The van der Waals surface area contributed by atoms with E-state index in [1.165, 1.54) is 6.42 Å². The summed E-state index contributed by atoms with van der Waals surface area (Å²) in [6.45, 7) is 6.94. The quantitative estimate of drug-likeness (QED) is 0.874. The van der Waals surface area contributed by atoms with Crippen LogP contribution in [0.1, 0.15) is 51.7 Å². The number of aliphatic hydroxyl groups is 1. The average molecular weight is 303 g/mol. The molecule has 1 aliphatic carbocycles. The minimum Gasteiger partial charge on any atom is -0.387 e. The van der Waals surface area contributed by atoms with E-state index in [0.29, 0.717) is 24.3 Å². The van der Waals surface area contributed by atoms with E-state index in [9.17, 15) is 9.90 Å². The van der Waals surface area contributed by atoms with Crippen molar-refractivity contribution in [1.82, 2.24) is 5.32 Å². The summed E-state index contributed by atoms with van der Waals surface area (Å²) in [5, 5.41) is 13.1. The third-order valence-electron chi connectivity index (χ3n) is 5.01. The van der Waals surface area contributed by atoms with E-state index < -0.39 is 6.10 Å². The first kappa shape index (κ1) is 17.0. The molecule has 1 saturated carbocycles. The van der Waals surface area contributed by atoms with Crippen LogP contribution < -0.4 is 5.32 Å². The Balaban J connectivity index is 1.92. The number of carbonyl (C=O) groups excluding carboxylic acids is 1. The highest BCUT2D eigenvalue weighted by Gasteiger charge is 2.35. The van der Waals surface area contributed by atoms with Gasteiger partial charge >= 0.3 is 0 Å². The van der Waals surface area contributed by atoms with Gasteiger partial charge in [-0.05, 0) is 36.2 Å². The number of rotatable bonds is 5. The third kappa shape index (κ3) is 4.33. The van der Waals surface area contributed by atoms with E-state index in [1.807, 2.05) is 30.3 Å². The Morgan fingerprint density at radius 1 is 1.27 bits per heavy atom. The average Bonchev–Trinajstić information content (AvgIpc) is 2.52. The largest absolute Gasteiger partial charge is 0.387 e. The number of carbonyl (C=O) groups is 1. The van der Waals surface area contributed by atoms with Gasteiger partial charge in [-0.3, -0.25) is 4.79 Å². The fourth-order valence-electron chi connectivity index (χ4n) is 3.63. The van der Waals surface area contributed by atoms with Crippen molar-refractivity contribution in [2.45, 2.75) is 46.1 Å². The molecule has 1 aromatic carbocycles. The second kappa shape index (κ2) is 7.77. The minimum atomic E-state index is -0.635. The molecule has 0 unspecified atom stereocenters. The van der Waals surface area contributed by atoms with Crippen LogP contribution in [0.4, 0.5) is 0 Å². The first-order valence-electron chi connectivity index (χ1n) is 8.49. The van der Waals surface area contributed by atoms with Gasteiger partial charge in [0.15, 0.2) is 0 Å². The Labute approximate surface area is 134 Å². The van der Waals surface area contributed by atoms with Crippen LogP contribution in [0.3, 0.4) is 0 Å². The van der Waals surface area contributed by atoms with E-state index >= 15 is 0 Å². The smallest absolute Gasteiger partial charge is 0.223 e. The van der Waals surface area contributed by atoms with Crippen LogP contribution >= 0.6 is 0 Å². The zero-order valence-corrected chi connectivity index (χ0v) is 14.0. The molecule has 2 N–H and O–H groups in total. The Hall–Kier alpha value is -1.35. The van der Waals surface area contributed by atoms with Crippen LogP contribution in [-0.2, 0) is 4.79 Å². The molecule has 1 amide bonds. The van der Waals surface area contributed by atoms with Crippen LogP contribution in [0, 0.1) is 23.7 Å². The number of aliphatic hydroxyl groups excluding tert-OH is 1. The van der Waals surface area contributed by atoms with Gasteiger partial charge in [0.1, 0.15) is 0 Å². The standard InChI is InChI=1S/C19H29NO2/c1-13(2)16-10-9-14(3)11-17(16)19(22)20-12-18(21)15-7-5-4-6-8-15/h4-8,13-14,16-18,21H,9-12H2,1-3H3,(H,20,22)/t14-,16+,17-,18+/m1/s1. The lowest BCUT2D eigenvalue weighted by Gasteiger charge is -2.36. The molecule has 22 heavy (non-hydrogen) atoms. The lowest BCUT2D eigenvalue weighted by atomic mass is 9.70. The summed E-state index contributed by atoms with van der Waals surface area (Å²) in [5.41, 5.74) is 0.847. The topological polar surface area (TPSA) is 49.3 Å². The van der Waals surface area contributed by atoms with Gasteiger partial charge in [-0.25, -0.2) is 0 Å². The maximum atomic E-state index is 12.6. The Morgan fingerprint density at radius 2 is 1.95 bits per heavy atom. The van der Waals surface area contributed by atoms with Gasteiger partial charge in [-0.15, -0.1) is 0 Å². The van der Waals surface area contributed by atoms with Gasteiger partial charge in [0, 0.05) is 12.5 Å². The summed E-state index contributed by atoms with van der Waals surface area (Å²) in [6, 6.07) is 9.49. The van der Waals surface area contributed by atoms with Crippen molar-refractivity contribution in [2.24, 2.45) is 23.7 Å². The zero-order valence-electron chi connectivity index (χ0n) is 14.0. The molecule has 1 aliphatic rings. The van der Waals surface area contributed by atoms with Gasteiger partial charge in [0.25, 0.3) is 0 Å². The van der Waals surface area contributed by atoms with Crippen LogP contribution in [0.2, 0.25) is 0 Å². The second-order valence-electron chi connectivity index (χ2n) is 7.10. The zero-order chi connectivity index (χ0) is 16.1. The van der Waals surface area contributed by atoms with Gasteiger partial charge in [0.05, 0.1) is 6.10 Å². The first-order valence-corrected chi connectivity index (χ1v) is 8.49. The van der Waals surface area contributed by atoms with Crippen molar-refractivity contribution in [2.75, 3.05) is 6.54 Å². The highest BCUT2D eigenvalue weighted by molar-refractivity contribution is 5.79. The summed E-state index contributed by atoms with van der Waals surface area (Å²) in [4.78, 5) is 12.6. The summed E-state index contributed by atoms with van der Waals surface area (Å²) < 4.78 is 0. The van der Waals surface area contributed by atoms with E-state index in [0.717, 1.165) is 18.4 Å². The van der Waals surface area contributed by atoms with Crippen molar-refractivity contribution >= 4 is 5.91 Å². The molecule has 0 aliphatic heterocycles. The van der Waals surface area contributed by atoms with Crippen molar-refractivity contribution in [3.63, 3.8) is 0 Å². The number of amides is 1. The van der Waals surface area contributed by atoms with Crippen molar-refractivity contribution in [3.05, 3.63) is 35.9 Å². The van der Waals surface area contributed by atoms with Crippen LogP contribution in [0.15, 0.2) is 30.3 Å². The fraction of sp³-hybridized carbons (Fsp3) is 0.632. The molecular formula is C19H29NO2. The van der Waals surface area contributed by atoms with Gasteiger partial charge in [-0.2, -0.15) is 0 Å². The summed E-state index contributed by atoms with van der Waals surface area (Å²) in [7, 11) is 0. The first-order chi connectivity index (χ1) is 10.5. The molecule has 0 saturated heterocycles. The SMILES string of the molecule is CC(C)[C@@H]1CC[C@@H](C)C[C@H]1C(=O)NC[C@H](O)c1ccccc1. The van der Waals surface area contributed by atoms with Crippen LogP contribution in [0.25, 0.3) is 0 Å². The van der Waals surface area contributed by atoms with E-state index in [1.54, 1.807) is 0 Å². The highest BCUT2D eigenvalue weighted by atomic mass is 16.3. The predicted octanol–water partition coefficient (Wildman–Crippen LogP) is 3.54. The number of hydrogen-bond donors (Lipinski definition) is 2. The van der Waals surface area contributed by atoms with E-state index in [2.05, 4.69) is 26.1 Å². The lowest BCUT2D eigenvalue weighted by Crippen LogP contribution is -2.41. The fourth-order valence-corrected chi connectivity index (χ4v) is 3.63. The van der Waals surface area contributed by atoms with Gasteiger partial charge < -0.3 is 10.4 Å². The normalized spacial score (nSPS) is 26.7. The van der Waals surface area contributed by atoms with Crippen molar-refractivity contribution in [3.8, 4) is 0 Å². The molecule has 0 heterocycles. The molecule has 1 aromatic rings. The lowest BCUT2D eigenvalue weighted by molar-refractivity contribution is -0.129. The van der Waals surface area contributed by atoms with Crippen molar-refractivity contribution < 1.29 is 9.90 Å². The summed E-state index contributed by atoms with van der Waals surface area (Å²) >= 11 is 0. The molecule has 2 rings (SSSR count). The monoisotopic (exact) mass is 303 g/mol. The predicted molar refractivity (Wildman–Crippen MR) is 89.2 cm³/mol. The molecule has 0 radical (unpaired) electrons. The third-order valence-corrected chi connectivity index (χ3v) is 5.01. The number of benzene rings is 1. The molecule has 0 aromatic heterocycles. The van der Waals surface area contributed by atoms with E-state index in [4.69, 9.17) is 0 Å². The van der Waals surface area contributed by atoms with E-state index in [-0.39, 0.29) is 11.8 Å². The molecule has 1 fully saturated rings. The highest BCUT2D eigenvalue weighted by Crippen LogP contribution is 2.38. The van der Waals surface area contributed by atoms with Gasteiger partial charge in [-0.1, -0.05) is 57.5 Å². The Morgan fingerprint density at radius 3 is 2.59 bits per heavy atom. The molecule has 0 bridgehead atoms. The van der Waals surface area contributed by atoms with Gasteiger partial charge in [0.2, 0.25) is 5.91 Å². The molecule has 4 atom stereocenters. The molecule has 0 spiro atoms. The molecular weight excluding hydrogens is 274 g/mol. The summed E-state index contributed by atoms with van der Waals surface area (Å²) in [6.07, 6.45) is 2.69. The number of hydrogen-bond acceptors (Lipinski definition) is 2. The molecule has 3 nitrogen and oxygen atoms in total. The van der Waals surface area contributed by atoms with Crippen LogP contribution in [0.5, 0.6) is 0 Å². The maximum Gasteiger partial charge on any atom is 0.223 e. The Kier molecular flexibility index (Phi) is 6.01. The summed E-state index contributed by atoms with van der Waals surface area (Å²) in [5.74, 6) is 1.81. The molecule has 122 valence electrons.